The second-order valence-corrected chi connectivity index (χ2v) is 5.88. The molecule has 0 heterocycles. The van der Waals surface area contributed by atoms with E-state index in [1.165, 1.54) is 6.07 Å². The number of nitrogens with two attached hydrogens (primary N) is 1. The number of hydrogen-bond donors (Lipinski definition) is 2. The Hall–Kier alpha value is -2.56. The number of anilines is 2. The van der Waals surface area contributed by atoms with Gasteiger partial charge in [0.25, 0.3) is 0 Å². The molecule has 23 heavy (non-hydrogen) atoms. The zero-order valence-corrected chi connectivity index (χ0v) is 14.0. The van der Waals surface area contributed by atoms with Crippen LogP contribution in [0.4, 0.5) is 15.8 Å². The normalized spacial score (nSPS) is 11.4. The van der Waals surface area contributed by atoms with E-state index in [4.69, 9.17) is 5.73 Å². The molecule has 0 aliphatic heterocycles. The SMILES string of the molecule is Cc1cc(C)cc(NC(N)=NCc2ccc(N(C)C)c(F)c2)c1. The minimum Gasteiger partial charge on any atom is -0.375 e. The van der Waals surface area contributed by atoms with Gasteiger partial charge in [-0.1, -0.05) is 12.1 Å². The summed E-state index contributed by atoms with van der Waals surface area (Å²) in [6.07, 6.45) is 0. The number of rotatable bonds is 4. The van der Waals surface area contributed by atoms with Gasteiger partial charge in [0.1, 0.15) is 5.82 Å². The van der Waals surface area contributed by atoms with Crippen LogP contribution in [0.1, 0.15) is 16.7 Å². The van der Waals surface area contributed by atoms with E-state index in [1.54, 1.807) is 11.0 Å². The summed E-state index contributed by atoms with van der Waals surface area (Å²) in [5, 5.41) is 3.06. The van der Waals surface area contributed by atoms with Gasteiger partial charge in [-0.15, -0.1) is 0 Å². The molecule has 4 nitrogen and oxygen atoms in total. The molecule has 0 saturated heterocycles. The molecule has 0 aromatic heterocycles. The molecule has 2 aromatic carbocycles. The summed E-state index contributed by atoms with van der Waals surface area (Å²) in [6, 6.07) is 11.2. The minimum atomic E-state index is -0.261. The van der Waals surface area contributed by atoms with Crippen LogP contribution >= 0.6 is 0 Å². The molecule has 5 heteroatoms. The lowest BCUT2D eigenvalue weighted by Gasteiger charge is -2.14. The third-order valence-electron chi connectivity index (χ3n) is 3.42. The summed E-state index contributed by atoms with van der Waals surface area (Å²) in [7, 11) is 3.62. The number of benzene rings is 2. The average Bonchev–Trinajstić information content (AvgIpc) is 2.43. The van der Waals surface area contributed by atoms with Crippen molar-refractivity contribution in [1.29, 1.82) is 0 Å². The first-order chi connectivity index (χ1) is 10.8. The van der Waals surface area contributed by atoms with Crippen molar-refractivity contribution in [3.05, 3.63) is 58.9 Å². The highest BCUT2D eigenvalue weighted by Crippen LogP contribution is 2.19. The quantitative estimate of drug-likeness (QED) is 0.671. The van der Waals surface area contributed by atoms with Crippen LogP contribution in [0.5, 0.6) is 0 Å². The second-order valence-electron chi connectivity index (χ2n) is 5.88. The van der Waals surface area contributed by atoms with Crippen LogP contribution in [0.2, 0.25) is 0 Å². The average molecular weight is 314 g/mol. The van der Waals surface area contributed by atoms with E-state index in [0.29, 0.717) is 18.2 Å². The maximum absolute atomic E-state index is 13.9. The van der Waals surface area contributed by atoms with Crippen LogP contribution in [0, 0.1) is 19.7 Å². The van der Waals surface area contributed by atoms with E-state index in [0.717, 1.165) is 22.4 Å². The topological polar surface area (TPSA) is 53.6 Å². The lowest BCUT2D eigenvalue weighted by molar-refractivity contribution is 0.624. The summed E-state index contributed by atoms with van der Waals surface area (Å²) in [5.74, 6) is 0.0515. The highest BCUT2D eigenvalue weighted by atomic mass is 19.1. The van der Waals surface area contributed by atoms with Crippen LogP contribution in [0.15, 0.2) is 41.4 Å². The Morgan fingerprint density at radius 2 is 1.78 bits per heavy atom. The number of nitrogens with zero attached hydrogens (tertiary/aromatic N) is 2. The molecule has 0 radical (unpaired) electrons. The molecule has 0 atom stereocenters. The molecular formula is C18H23FN4. The second kappa shape index (κ2) is 7.13. The standard InChI is InChI=1S/C18H23FN4/c1-12-7-13(2)9-15(8-12)22-18(20)21-11-14-5-6-17(23(3)4)16(19)10-14/h5-10H,11H2,1-4H3,(H3,20,21,22). The number of guanidine groups is 1. The Bertz CT molecular complexity index is 703. The number of aliphatic imine (C=N–C) groups is 1. The smallest absolute Gasteiger partial charge is 0.193 e. The van der Waals surface area contributed by atoms with Crippen molar-refractivity contribution in [2.24, 2.45) is 10.7 Å². The van der Waals surface area contributed by atoms with Gasteiger partial charge in [-0.25, -0.2) is 9.38 Å². The maximum atomic E-state index is 13.9. The van der Waals surface area contributed by atoms with Gasteiger partial charge in [0, 0.05) is 19.8 Å². The lowest BCUT2D eigenvalue weighted by Crippen LogP contribution is -2.22. The van der Waals surface area contributed by atoms with Crippen molar-refractivity contribution in [2.75, 3.05) is 24.3 Å². The van der Waals surface area contributed by atoms with Gasteiger partial charge >= 0.3 is 0 Å². The Kier molecular flexibility index (Phi) is 5.21. The fourth-order valence-electron chi connectivity index (χ4n) is 2.42. The van der Waals surface area contributed by atoms with Gasteiger partial charge in [0.2, 0.25) is 0 Å². The summed E-state index contributed by atoms with van der Waals surface area (Å²) >= 11 is 0. The van der Waals surface area contributed by atoms with E-state index in [-0.39, 0.29) is 5.82 Å². The van der Waals surface area contributed by atoms with Crippen molar-refractivity contribution in [3.8, 4) is 0 Å². The molecule has 0 aliphatic carbocycles. The predicted molar refractivity (Wildman–Crippen MR) is 95.6 cm³/mol. The largest absolute Gasteiger partial charge is 0.375 e. The third-order valence-corrected chi connectivity index (χ3v) is 3.42. The van der Waals surface area contributed by atoms with Crippen molar-refractivity contribution >= 4 is 17.3 Å². The van der Waals surface area contributed by atoms with E-state index >= 15 is 0 Å². The number of halogens is 1. The van der Waals surface area contributed by atoms with E-state index < -0.39 is 0 Å². The maximum Gasteiger partial charge on any atom is 0.193 e. The van der Waals surface area contributed by atoms with Crippen LogP contribution in [-0.4, -0.2) is 20.1 Å². The number of nitrogens with one attached hydrogen (secondary N) is 1. The molecule has 122 valence electrons. The third kappa shape index (κ3) is 4.71. The summed E-state index contributed by atoms with van der Waals surface area (Å²) in [6.45, 7) is 4.38. The van der Waals surface area contributed by atoms with Gasteiger partial charge in [-0.05, 0) is 54.8 Å². The minimum absolute atomic E-state index is 0.261. The molecule has 0 aliphatic rings. The predicted octanol–water partition coefficient (Wildman–Crippen LogP) is 3.44. The van der Waals surface area contributed by atoms with Gasteiger partial charge < -0.3 is 16.0 Å². The first kappa shape index (κ1) is 16.8. The van der Waals surface area contributed by atoms with E-state index in [2.05, 4.69) is 16.4 Å². The van der Waals surface area contributed by atoms with Crippen LogP contribution < -0.4 is 16.0 Å². The van der Waals surface area contributed by atoms with E-state index in [9.17, 15) is 4.39 Å². The highest BCUT2D eigenvalue weighted by molar-refractivity contribution is 5.92. The zero-order valence-electron chi connectivity index (χ0n) is 14.0. The molecule has 0 fully saturated rings. The fraction of sp³-hybridized carbons (Fsp3) is 0.278. The van der Waals surface area contributed by atoms with Gasteiger partial charge in [-0.3, -0.25) is 0 Å². The zero-order chi connectivity index (χ0) is 17.0. The van der Waals surface area contributed by atoms with Crippen molar-refractivity contribution < 1.29 is 4.39 Å². The summed E-state index contributed by atoms with van der Waals surface area (Å²) in [4.78, 5) is 6.00. The summed E-state index contributed by atoms with van der Waals surface area (Å²) in [5.41, 5.74) is 10.4. The molecule has 3 N–H and O–H groups in total. The van der Waals surface area contributed by atoms with Crippen LogP contribution in [0.25, 0.3) is 0 Å². The van der Waals surface area contributed by atoms with Crippen LogP contribution in [0.3, 0.4) is 0 Å². The van der Waals surface area contributed by atoms with Crippen molar-refractivity contribution in [1.82, 2.24) is 0 Å². The first-order valence-electron chi connectivity index (χ1n) is 7.46. The fourth-order valence-corrected chi connectivity index (χ4v) is 2.42. The Morgan fingerprint density at radius 3 is 2.35 bits per heavy atom. The van der Waals surface area contributed by atoms with E-state index in [1.807, 2.05) is 46.1 Å². The molecule has 0 unspecified atom stereocenters. The number of hydrogen-bond acceptors (Lipinski definition) is 2. The molecular weight excluding hydrogens is 291 g/mol. The number of aryl methyl sites for hydroxylation is 2. The highest BCUT2D eigenvalue weighted by Gasteiger charge is 2.05. The van der Waals surface area contributed by atoms with Crippen LogP contribution in [-0.2, 0) is 6.54 Å². The monoisotopic (exact) mass is 314 g/mol. The Labute approximate surface area is 136 Å². The Morgan fingerprint density at radius 1 is 1.13 bits per heavy atom. The molecule has 0 spiro atoms. The lowest BCUT2D eigenvalue weighted by atomic mass is 10.1. The first-order valence-corrected chi connectivity index (χ1v) is 7.46. The molecule has 2 rings (SSSR count). The van der Waals surface area contributed by atoms with Gasteiger partial charge in [-0.2, -0.15) is 0 Å². The van der Waals surface area contributed by atoms with Gasteiger partial charge in [0.15, 0.2) is 5.96 Å². The summed E-state index contributed by atoms with van der Waals surface area (Å²) < 4.78 is 13.9. The molecule has 0 bridgehead atoms. The van der Waals surface area contributed by atoms with Crippen molar-refractivity contribution in [3.63, 3.8) is 0 Å². The molecule has 0 saturated carbocycles. The Balaban J connectivity index is 2.06. The molecule has 0 amide bonds. The van der Waals surface area contributed by atoms with Gasteiger partial charge in [0.05, 0.1) is 12.2 Å². The molecule has 2 aromatic rings. The van der Waals surface area contributed by atoms with Crippen molar-refractivity contribution in [2.45, 2.75) is 20.4 Å².